The lowest BCUT2D eigenvalue weighted by Crippen LogP contribution is -2.27. The molecule has 0 aromatic heterocycles. The van der Waals surface area contributed by atoms with Crippen molar-refractivity contribution in [3.63, 3.8) is 0 Å². The second kappa shape index (κ2) is 5.75. The number of nitrogens with one attached hydrogen (secondary N) is 1. The molecular formula is C10H13ClN2O. The topological polar surface area (TPSA) is 55.1 Å². The molecule has 3 nitrogen and oxygen atoms in total. The van der Waals surface area contributed by atoms with Gasteiger partial charge in [-0.2, -0.15) is 0 Å². The summed E-state index contributed by atoms with van der Waals surface area (Å²) in [6.45, 7) is 0.961. The molecule has 0 aliphatic carbocycles. The summed E-state index contributed by atoms with van der Waals surface area (Å²) in [5.74, 6) is -0.00273. The third-order valence-electron chi connectivity index (χ3n) is 1.82. The van der Waals surface area contributed by atoms with E-state index in [2.05, 4.69) is 5.32 Å². The van der Waals surface area contributed by atoms with E-state index < -0.39 is 0 Å². The van der Waals surface area contributed by atoms with Gasteiger partial charge in [-0.3, -0.25) is 4.79 Å². The van der Waals surface area contributed by atoms with E-state index in [9.17, 15) is 4.79 Å². The Bertz CT molecular complexity index is 315. The number of hydrogen-bond donors (Lipinski definition) is 2. The summed E-state index contributed by atoms with van der Waals surface area (Å²) in [6, 6.07) is 7.52. The van der Waals surface area contributed by atoms with Crippen molar-refractivity contribution in [2.45, 2.75) is 6.54 Å². The Hall–Kier alpha value is -0.900. The van der Waals surface area contributed by atoms with Gasteiger partial charge in [0.1, 0.15) is 0 Å². The highest BCUT2D eigenvalue weighted by Crippen LogP contribution is 2.13. The summed E-state index contributed by atoms with van der Waals surface area (Å²) in [5, 5.41) is 3.69. The van der Waals surface area contributed by atoms with Crippen molar-refractivity contribution in [2.75, 3.05) is 13.1 Å². The maximum atomic E-state index is 10.9. The molecule has 0 spiro atoms. The van der Waals surface area contributed by atoms with Gasteiger partial charge < -0.3 is 11.1 Å². The second-order valence-corrected chi connectivity index (χ2v) is 3.34. The van der Waals surface area contributed by atoms with Crippen LogP contribution in [0.25, 0.3) is 0 Å². The van der Waals surface area contributed by atoms with Crippen LogP contribution in [0.4, 0.5) is 0 Å². The Morgan fingerprint density at radius 3 is 2.79 bits per heavy atom. The molecule has 1 aromatic rings. The zero-order valence-electron chi connectivity index (χ0n) is 7.79. The predicted octanol–water partition coefficient (Wildman–Crippen LogP) is 0.957. The van der Waals surface area contributed by atoms with Gasteiger partial charge in [0.2, 0.25) is 0 Å². The van der Waals surface area contributed by atoms with Crippen LogP contribution in [0.15, 0.2) is 24.3 Å². The monoisotopic (exact) mass is 212 g/mol. The molecule has 0 amide bonds. The lowest BCUT2D eigenvalue weighted by molar-refractivity contribution is -0.116. The predicted molar refractivity (Wildman–Crippen MR) is 57.2 cm³/mol. The summed E-state index contributed by atoms with van der Waals surface area (Å²) in [5.41, 5.74) is 6.15. The Kier molecular flexibility index (Phi) is 4.59. The molecule has 0 bridgehead atoms. The van der Waals surface area contributed by atoms with E-state index in [0.717, 1.165) is 5.56 Å². The van der Waals surface area contributed by atoms with E-state index in [1.807, 2.05) is 24.3 Å². The number of rotatable bonds is 5. The molecule has 0 atom stereocenters. The van der Waals surface area contributed by atoms with Gasteiger partial charge in [0.15, 0.2) is 5.78 Å². The zero-order valence-corrected chi connectivity index (χ0v) is 8.55. The van der Waals surface area contributed by atoms with Crippen molar-refractivity contribution in [3.05, 3.63) is 34.9 Å². The van der Waals surface area contributed by atoms with E-state index in [-0.39, 0.29) is 12.3 Å². The maximum absolute atomic E-state index is 10.9. The summed E-state index contributed by atoms with van der Waals surface area (Å²) in [7, 11) is 0. The van der Waals surface area contributed by atoms with Gasteiger partial charge in [-0.05, 0) is 11.6 Å². The van der Waals surface area contributed by atoms with Crippen LogP contribution in [-0.2, 0) is 11.3 Å². The van der Waals surface area contributed by atoms with Gasteiger partial charge in [-0.25, -0.2) is 0 Å². The van der Waals surface area contributed by atoms with E-state index in [0.29, 0.717) is 18.1 Å². The fraction of sp³-hybridized carbons (Fsp3) is 0.300. The Morgan fingerprint density at radius 2 is 2.14 bits per heavy atom. The Labute approximate surface area is 88.2 Å². The van der Waals surface area contributed by atoms with E-state index in [4.69, 9.17) is 17.3 Å². The molecule has 0 saturated heterocycles. The Morgan fingerprint density at radius 1 is 1.43 bits per heavy atom. The average Bonchev–Trinajstić information content (AvgIpc) is 2.20. The molecule has 0 aliphatic rings. The number of ketones is 1. The molecule has 0 aliphatic heterocycles. The number of Topliss-reactive ketones (excluding diaryl/α,β-unsaturated/α-hetero) is 1. The molecule has 76 valence electrons. The highest BCUT2D eigenvalue weighted by Gasteiger charge is 2.00. The third-order valence-corrected chi connectivity index (χ3v) is 2.19. The SMILES string of the molecule is NCC(=O)CNCc1ccccc1Cl. The summed E-state index contributed by atoms with van der Waals surface area (Å²) in [4.78, 5) is 10.9. The molecule has 4 heteroatoms. The normalized spacial score (nSPS) is 10.1. The van der Waals surface area contributed by atoms with Crippen molar-refractivity contribution >= 4 is 17.4 Å². The van der Waals surface area contributed by atoms with Crippen molar-refractivity contribution < 1.29 is 4.79 Å². The average molecular weight is 213 g/mol. The molecule has 0 unspecified atom stereocenters. The van der Waals surface area contributed by atoms with Crippen molar-refractivity contribution in [1.82, 2.24) is 5.32 Å². The molecule has 0 heterocycles. The molecule has 0 saturated carbocycles. The van der Waals surface area contributed by atoms with Crippen LogP contribution in [0.1, 0.15) is 5.56 Å². The van der Waals surface area contributed by atoms with Crippen LogP contribution < -0.4 is 11.1 Å². The first-order chi connectivity index (χ1) is 6.74. The molecule has 0 radical (unpaired) electrons. The largest absolute Gasteiger partial charge is 0.324 e. The first kappa shape index (κ1) is 11.2. The minimum atomic E-state index is -0.00273. The van der Waals surface area contributed by atoms with E-state index >= 15 is 0 Å². The highest BCUT2D eigenvalue weighted by molar-refractivity contribution is 6.31. The van der Waals surface area contributed by atoms with E-state index in [1.54, 1.807) is 0 Å². The van der Waals surface area contributed by atoms with Gasteiger partial charge in [0.25, 0.3) is 0 Å². The lowest BCUT2D eigenvalue weighted by atomic mass is 10.2. The van der Waals surface area contributed by atoms with Gasteiger partial charge in [0, 0.05) is 11.6 Å². The molecule has 14 heavy (non-hydrogen) atoms. The molecule has 1 aromatic carbocycles. The zero-order chi connectivity index (χ0) is 10.4. The first-order valence-corrected chi connectivity index (χ1v) is 4.77. The molecule has 3 N–H and O–H groups in total. The number of halogens is 1. The van der Waals surface area contributed by atoms with Crippen LogP contribution in [0.5, 0.6) is 0 Å². The first-order valence-electron chi connectivity index (χ1n) is 4.40. The number of nitrogens with two attached hydrogens (primary N) is 1. The van der Waals surface area contributed by atoms with Crippen LogP contribution >= 0.6 is 11.6 Å². The minimum Gasteiger partial charge on any atom is -0.324 e. The maximum Gasteiger partial charge on any atom is 0.160 e. The summed E-state index contributed by atoms with van der Waals surface area (Å²) in [6.07, 6.45) is 0. The van der Waals surface area contributed by atoms with Gasteiger partial charge in [-0.15, -0.1) is 0 Å². The fourth-order valence-electron chi connectivity index (χ4n) is 1.05. The van der Waals surface area contributed by atoms with Crippen molar-refractivity contribution in [2.24, 2.45) is 5.73 Å². The standard InChI is InChI=1S/C10H13ClN2O/c11-10-4-2-1-3-8(10)6-13-7-9(14)5-12/h1-4,13H,5-7,12H2. The van der Waals surface area contributed by atoms with Crippen LogP contribution in [0.2, 0.25) is 5.02 Å². The van der Waals surface area contributed by atoms with Crippen LogP contribution in [-0.4, -0.2) is 18.9 Å². The molecule has 0 fully saturated rings. The number of carbonyl (C=O) groups is 1. The fourth-order valence-corrected chi connectivity index (χ4v) is 1.25. The third kappa shape index (κ3) is 3.46. The number of benzene rings is 1. The number of hydrogen-bond acceptors (Lipinski definition) is 3. The second-order valence-electron chi connectivity index (χ2n) is 2.94. The Balaban J connectivity index is 2.39. The smallest absolute Gasteiger partial charge is 0.160 e. The van der Waals surface area contributed by atoms with Crippen LogP contribution in [0, 0.1) is 0 Å². The lowest BCUT2D eigenvalue weighted by Gasteiger charge is -2.04. The van der Waals surface area contributed by atoms with E-state index in [1.165, 1.54) is 0 Å². The summed E-state index contributed by atoms with van der Waals surface area (Å²) >= 11 is 5.92. The minimum absolute atomic E-state index is 0.00273. The molecular weight excluding hydrogens is 200 g/mol. The van der Waals surface area contributed by atoms with Crippen LogP contribution in [0.3, 0.4) is 0 Å². The summed E-state index contributed by atoms with van der Waals surface area (Å²) < 4.78 is 0. The van der Waals surface area contributed by atoms with Crippen molar-refractivity contribution in [3.8, 4) is 0 Å². The van der Waals surface area contributed by atoms with Gasteiger partial charge in [-0.1, -0.05) is 29.8 Å². The van der Waals surface area contributed by atoms with Crippen molar-refractivity contribution in [1.29, 1.82) is 0 Å². The number of carbonyl (C=O) groups excluding carboxylic acids is 1. The van der Waals surface area contributed by atoms with Gasteiger partial charge >= 0.3 is 0 Å². The van der Waals surface area contributed by atoms with Gasteiger partial charge in [0.05, 0.1) is 13.1 Å². The molecule has 1 rings (SSSR count). The quantitative estimate of drug-likeness (QED) is 0.765. The highest BCUT2D eigenvalue weighted by atomic mass is 35.5.